The van der Waals surface area contributed by atoms with Crippen molar-refractivity contribution >= 4 is 33.3 Å². The summed E-state index contributed by atoms with van der Waals surface area (Å²) in [6, 6.07) is 10.7. The van der Waals surface area contributed by atoms with Crippen LogP contribution in [0.25, 0.3) is 31.6 Å². The van der Waals surface area contributed by atoms with Crippen molar-refractivity contribution in [1.82, 2.24) is 0 Å². The summed E-state index contributed by atoms with van der Waals surface area (Å²) in [6.45, 7) is 14.0. The van der Waals surface area contributed by atoms with Gasteiger partial charge in [0.25, 0.3) is 0 Å². The number of nitrogens with zero attached hydrogens (tertiary/aromatic N) is 2. The van der Waals surface area contributed by atoms with Crippen LogP contribution in [0.2, 0.25) is 0 Å². The number of furan rings is 1. The molecular weight excluding hydrogens is 212 g/mol. The Kier molecular flexibility index (Phi) is 1.87. The van der Waals surface area contributed by atoms with Gasteiger partial charge in [-0.3, -0.25) is 0 Å². The van der Waals surface area contributed by atoms with E-state index >= 15 is 0 Å². The SMILES string of the molecule is [C-]#[N+]c1ccc2c(c1)oc1ccc([N+]#[C-])cc12. The molecule has 0 aliphatic heterocycles. The average molecular weight is 218 g/mol. The molecule has 0 N–H and O–H groups in total. The van der Waals surface area contributed by atoms with Crippen LogP contribution < -0.4 is 0 Å². The van der Waals surface area contributed by atoms with Crippen LogP contribution in [0.15, 0.2) is 40.8 Å². The van der Waals surface area contributed by atoms with Crippen LogP contribution in [0.4, 0.5) is 11.4 Å². The summed E-state index contributed by atoms with van der Waals surface area (Å²) in [5.74, 6) is 0. The van der Waals surface area contributed by atoms with Crippen LogP contribution in [-0.4, -0.2) is 0 Å². The molecule has 3 nitrogen and oxygen atoms in total. The van der Waals surface area contributed by atoms with Crippen molar-refractivity contribution in [3.05, 3.63) is 59.2 Å². The van der Waals surface area contributed by atoms with E-state index in [0.717, 1.165) is 16.4 Å². The first-order valence-corrected chi connectivity index (χ1v) is 5.03. The van der Waals surface area contributed by atoms with E-state index in [2.05, 4.69) is 9.69 Å². The Bertz CT molecular complexity index is 816. The highest BCUT2D eigenvalue weighted by Crippen LogP contribution is 2.33. The van der Waals surface area contributed by atoms with Crippen LogP contribution >= 0.6 is 0 Å². The summed E-state index contributed by atoms with van der Waals surface area (Å²) in [4.78, 5) is 6.77. The maximum Gasteiger partial charge on any atom is 0.190 e. The lowest BCUT2D eigenvalue weighted by Crippen LogP contribution is -1.66. The zero-order valence-electron chi connectivity index (χ0n) is 8.77. The lowest BCUT2D eigenvalue weighted by atomic mass is 10.1. The van der Waals surface area contributed by atoms with Crippen LogP contribution in [0.3, 0.4) is 0 Å². The number of hydrogen-bond acceptors (Lipinski definition) is 1. The van der Waals surface area contributed by atoms with E-state index in [0.29, 0.717) is 17.0 Å². The Hall–Kier alpha value is -2.78. The molecule has 0 unspecified atom stereocenters. The minimum Gasteiger partial charge on any atom is -0.458 e. The molecule has 0 spiro atoms. The van der Waals surface area contributed by atoms with Crippen molar-refractivity contribution in [2.75, 3.05) is 0 Å². The summed E-state index contributed by atoms with van der Waals surface area (Å²) in [7, 11) is 0. The monoisotopic (exact) mass is 218 g/mol. The highest BCUT2D eigenvalue weighted by molar-refractivity contribution is 6.06. The molecule has 0 aliphatic rings. The summed E-state index contributed by atoms with van der Waals surface area (Å²) >= 11 is 0. The lowest BCUT2D eigenvalue weighted by Gasteiger charge is -1.90. The van der Waals surface area contributed by atoms with Gasteiger partial charge < -0.3 is 4.42 Å². The number of rotatable bonds is 0. The molecule has 3 aromatic rings. The average Bonchev–Trinajstić information content (AvgIpc) is 2.74. The first kappa shape index (κ1) is 9.45. The molecule has 0 amide bonds. The molecule has 78 valence electrons. The van der Waals surface area contributed by atoms with Crippen molar-refractivity contribution in [3.8, 4) is 0 Å². The zero-order chi connectivity index (χ0) is 11.8. The van der Waals surface area contributed by atoms with E-state index in [1.165, 1.54) is 0 Å². The van der Waals surface area contributed by atoms with E-state index in [1.54, 1.807) is 24.3 Å². The Morgan fingerprint density at radius 3 is 2.24 bits per heavy atom. The zero-order valence-corrected chi connectivity index (χ0v) is 8.77. The van der Waals surface area contributed by atoms with E-state index in [9.17, 15) is 0 Å². The van der Waals surface area contributed by atoms with Crippen LogP contribution in [-0.2, 0) is 0 Å². The topological polar surface area (TPSA) is 21.9 Å². The van der Waals surface area contributed by atoms with Gasteiger partial charge in [-0.05, 0) is 18.2 Å². The fourth-order valence-electron chi connectivity index (χ4n) is 1.89. The Balaban J connectivity index is 2.44. The minimum atomic E-state index is 0.557. The lowest BCUT2D eigenvalue weighted by molar-refractivity contribution is 0.669. The molecule has 0 fully saturated rings. The summed E-state index contributed by atoms with van der Waals surface area (Å²) in [6.07, 6.45) is 0. The van der Waals surface area contributed by atoms with Gasteiger partial charge in [0.1, 0.15) is 11.2 Å². The van der Waals surface area contributed by atoms with Crippen molar-refractivity contribution in [2.24, 2.45) is 0 Å². The van der Waals surface area contributed by atoms with Crippen molar-refractivity contribution in [3.63, 3.8) is 0 Å². The van der Waals surface area contributed by atoms with Gasteiger partial charge in [-0.25, -0.2) is 9.69 Å². The molecule has 0 saturated carbocycles. The largest absolute Gasteiger partial charge is 0.458 e. The molecule has 2 aromatic carbocycles. The first-order chi connectivity index (χ1) is 8.31. The van der Waals surface area contributed by atoms with Gasteiger partial charge in [-0.2, -0.15) is 0 Å². The normalized spacial score (nSPS) is 10.2. The van der Waals surface area contributed by atoms with E-state index in [-0.39, 0.29) is 0 Å². The maximum atomic E-state index is 7.00. The standard InChI is InChI=1S/C14H6N2O/c1-15-9-4-6-13-12(7-9)11-5-3-10(16-2)8-14(11)17-13/h3-8H. The predicted molar refractivity (Wildman–Crippen MR) is 66.2 cm³/mol. The number of fused-ring (bicyclic) bond motifs is 3. The molecule has 0 atom stereocenters. The molecular formula is C14H6N2O. The van der Waals surface area contributed by atoms with Gasteiger partial charge in [0.05, 0.1) is 13.1 Å². The van der Waals surface area contributed by atoms with Crippen molar-refractivity contribution < 1.29 is 4.42 Å². The third-order valence-corrected chi connectivity index (χ3v) is 2.70. The first-order valence-electron chi connectivity index (χ1n) is 5.03. The van der Waals surface area contributed by atoms with Crippen molar-refractivity contribution in [1.29, 1.82) is 0 Å². The summed E-state index contributed by atoms with van der Waals surface area (Å²) in [5, 5.41) is 1.86. The molecule has 3 heteroatoms. The molecule has 0 saturated heterocycles. The minimum absolute atomic E-state index is 0.557. The van der Waals surface area contributed by atoms with Crippen LogP contribution in [0, 0.1) is 13.1 Å². The van der Waals surface area contributed by atoms with Gasteiger partial charge >= 0.3 is 0 Å². The van der Waals surface area contributed by atoms with E-state index < -0.39 is 0 Å². The molecule has 0 radical (unpaired) electrons. The van der Waals surface area contributed by atoms with Crippen LogP contribution in [0.5, 0.6) is 0 Å². The molecule has 17 heavy (non-hydrogen) atoms. The fourth-order valence-corrected chi connectivity index (χ4v) is 1.89. The molecule has 0 bridgehead atoms. The maximum absolute atomic E-state index is 7.00. The highest BCUT2D eigenvalue weighted by atomic mass is 16.3. The summed E-state index contributed by atoms with van der Waals surface area (Å²) in [5.41, 5.74) is 2.58. The van der Waals surface area contributed by atoms with Crippen LogP contribution in [0.1, 0.15) is 0 Å². The second-order valence-corrected chi connectivity index (χ2v) is 3.69. The smallest absolute Gasteiger partial charge is 0.190 e. The van der Waals surface area contributed by atoms with Gasteiger partial charge in [0.2, 0.25) is 0 Å². The Labute approximate surface area is 97.5 Å². The van der Waals surface area contributed by atoms with E-state index in [1.807, 2.05) is 12.1 Å². The quantitative estimate of drug-likeness (QED) is 0.502. The Morgan fingerprint density at radius 2 is 1.47 bits per heavy atom. The van der Waals surface area contributed by atoms with Gasteiger partial charge in [0, 0.05) is 10.8 Å². The fraction of sp³-hybridized carbons (Fsp3) is 0. The predicted octanol–water partition coefficient (Wildman–Crippen LogP) is 4.69. The molecule has 1 heterocycles. The number of benzene rings is 2. The molecule has 0 aliphatic carbocycles. The summed E-state index contributed by atoms with van der Waals surface area (Å²) < 4.78 is 5.65. The Morgan fingerprint density at radius 1 is 0.765 bits per heavy atom. The third kappa shape index (κ3) is 1.34. The number of hydrogen-bond donors (Lipinski definition) is 0. The molecule has 1 aromatic heterocycles. The van der Waals surface area contributed by atoms with Gasteiger partial charge in [-0.1, -0.05) is 18.2 Å². The highest BCUT2D eigenvalue weighted by Gasteiger charge is 2.07. The second-order valence-electron chi connectivity index (χ2n) is 3.69. The second kappa shape index (κ2) is 3.37. The van der Waals surface area contributed by atoms with Crippen molar-refractivity contribution in [2.45, 2.75) is 0 Å². The van der Waals surface area contributed by atoms with Gasteiger partial charge in [-0.15, -0.1) is 0 Å². The van der Waals surface area contributed by atoms with Gasteiger partial charge in [0.15, 0.2) is 11.4 Å². The molecule has 3 rings (SSSR count). The third-order valence-electron chi connectivity index (χ3n) is 2.70. The van der Waals surface area contributed by atoms with E-state index in [4.69, 9.17) is 17.6 Å².